The maximum atomic E-state index is 14.2. The highest BCUT2D eigenvalue weighted by molar-refractivity contribution is 6.32. The topological polar surface area (TPSA) is 136 Å². The van der Waals surface area contributed by atoms with Gasteiger partial charge in [-0.15, -0.1) is 5.10 Å². The van der Waals surface area contributed by atoms with Crippen LogP contribution in [0, 0.1) is 0 Å². The molecule has 0 saturated carbocycles. The summed E-state index contributed by atoms with van der Waals surface area (Å²) in [6.07, 6.45) is -2.50. The van der Waals surface area contributed by atoms with E-state index < -0.39 is 46.2 Å². The van der Waals surface area contributed by atoms with Crippen LogP contribution >= 0.6 is 11.6 Å². The van der Waals surface area contributed by atoms with Crippen LogP contribution in [0.25, 0.3) is 11.4 Å². The van der Waals surface area contributed by atoms with Crippen molar-refractivity contribution in [3.05, 3.63) is 50.9 Å². The van der Waals surface area contributed by atoms with Gasteiger partial charge in [-0.05, 0) is 51.3 Å². The molecule has 1 fully saturated rings. The summed E-state index contributed by atoms with van der Waals surface area (Å²) in [6, 6.07) is 0.881. The molecule has 3 aromatic rings. The Labute approximate surface area is 272 Å². The normalized spacial score (nSPS) is 20.3. The number of amides is 2. The van der Waals surface area contributed by atoms with Crippen LogP contribution in [0.15, 0.2) is 23.0 Å². The summed E-state index contributed by atoms with van der Waals surface area (Å²) in [5.74, 6) is -0.378. The highest BCUT2D eigenvalue weighted by atomic mass is 35.5. The van der Waals surface area contributed by atoms with Crippen molar-refractivity contribution in [2.45, 2.75) is 64.3 Å². The van der Waals surface area contributed by atoms with Crippen molar-refractivity contribution in [3.63, 3.8) is 0 Å². The minimum absolute atomic E-state index is 0.0872. The standard InChI is InChI=1S/C30H34ClF3N8O5/c1-16-15-19(25(43)35-18-5-6-20(30(32,33)34)36-23(18)31)41-21(16)22(39-9-11-40(12-10-39)28(45)47-29(2,3)4)26(44)42-27(41)37-24(38-42)17-7-13-46-14-8-17/h5-7,16,19H,8-15H2,1-4H3,(H,35,43)/t16-,19-/m0/s1. The Kier molecular flexibility index (Phi) is 8.45. The quantitative estimate of drug-likeness (QED) is 0.396. The molecule has 0 radical (unpaired) electrons. The van der Waals surface area contributed by atoms with Gasteiger partial charge in [-0.1, -0.05) is 24.6 Å². The summed E-state index contributed by atoms with van der Waals surface area (Å²) in [5, 5.41) is 6.68. The number of pyridine rings is 1. The molecule has 3 aliphatic heterocycles. The average molecular weight is 679 g/mol. The van der Waals surface area contributed by atoms with Crippen LogP contribution in [0.4, 0.5) is 29.3 Å². The lowest BCUT2D eigenvalue weighted by molar-refractivity contribution is -0.141. The lowest BCUT2D eigenvalue weighted by Crippen LogP contribution is -2.51. The Morgan fingerprint density at radius 1 is 1.11 bits per heavy atom. The van der Waals surface area contributed by atoms with E-state index >= 15 is 0 Å². The fourth-order valence-corrected chi connectivity index (χ4v) is 6.29. The minimum Gasteiger partial charge on any atom is -0.444 e. The van der Waals surface area contributed by atoms with Crippen molar-refractivity contribution in [1.82, 2.24) is 29.0 Å². The first-order chi connectivity index (χ1) is 22.1. The van der Waals surface area contributed by atoms with Gasteiger partial charge in [0.2, 0.25) is 11.7 Å². The van der Waals surface area contributed by atoms with E-state index in [0.717, 1.165) is 17.7 Å². The number of aromatic nitrogens is 5. The van der Waals surface area contributed by atoms with Crippen molar-refractivity contribution in [2.24, 2.45) is 0 Å². The van der Waals surface area contributed by atoms with Crippen molar-refractivity contribution in [2.75, 3.05) is 49.6 Å². The highest BCUT2D eigenvalue weighted by Crippen LogP contribution is 2.42. The molecule has 47 heavy (non-hydrogen) atoms. The third-order valence-corrected chi connectivity index (χ3v) is 8.54. The Morgan fingerprint density at radius 2 is 1.83 bits per heavy atom. The van der Waals surface area contributed by atoms with E-state index in [1.807, 2.05) is 17.9 Å². The number of nitrogens with zero attached hydrogens (tertiary/aromatic N) is 7. The van der Waals surface area contributed by atoms with Crippen LogP contribution in [-0.4, -0.2) is 86.0 Å². The van der Waals surface area contributed by atoms with Gasteiger partial charge in [0.15, 0.2) is 11.0 Å². The van der Waals surface area contributed by atoms with E-state index in [4.69, 9.17) is 26.1 Å². The second-order valence-electron chi connectivity index (χ2n) is 12.7. The fraction of sp³-hybridized carbons (Fsp3) is 0.533. The molecule has 17 heteroatoms. The van der Waals surface area contributed by atoms with Crippen LogP contribution in [0.1, 0.15) is 69.7 Å². The lowest BCUT2D eigenvalue weighted by Gasteiger charge is -2.37. The molecule has 0 aliphatic carbocycles. The minimum atomic E-state index is -4.70. The molecule has 1 saturated heterocycles. The summed E-state index contributed by atoms with van der Waals surface area (Å²) in [4.78, 5) is 52.3. The Hall–Kier alpha value is -4.18. The van der Waals surface area contributed by atoms with Crippen molar-refractivity contribution in [1.29, 1.82) is 0 Å². The van der Waals surface area contributed by atoms with Gasteiger partial charge in [0.25, 0.3) is 5.56 Å². The van der Waals surface area contributed by atoms with Gasteiger partial charge < -0.3 is 24.6 Å². The average Bonchev–Trinajstić information content (AvgIpc) is 3.60. The van der Waals surface area contributed by atoms with E-state index in [1.165, 1.54) is 4.52 Å². The van der Waals surface area contributed by atoms with Gasteiger partial charge in [-0.25, -0.2) is 9.78 Å². The molecular weight excluding hydrogens is 645 g/mol. The zero-order chi connectivity index (χ0) is 33.8. The molecule has 0 spiro atoms. The van der Waals surface area contributed by atoms with Crippen LogP contribution in [0.2, 0.25) is 5.15 Å². The molecule has 2 amide bonds. The number of alkyl halides is 3. The van der Waals surface area contributed by atoms with E-state index in [1.54, 1.807) is 30.2 Å². The molecule has 252 valence electrons. The summed E-state index contributed by atoms with van der Waals surface area (Å²) in [5.41, 5.74) is -0.622. The first-order valence-corrected chi connectivity index (χ1v) is 15.6. The third-order valence-electron chi connectivity index (χ3n) is 8.26. The van der Waals surface area contributed by atoms with Crippen molar-refractivity contribution in [3.8, 4) is 0 Å². The van der Waals surface area contributed by atoms with Gasteiger partial charge in [0.1, 0.15) is 23.0 Å². The van der Waals surface area contributed by atoms with Gasteiger partial charge >= 0.3 is 12.3 Å². The van der Waals surface area contributed by atoms with E-state index in [2.05, 4.69) is 15.4 Å². The molecule has 6 rings (SSSR count). The molecule has 0 unspecified atom stereocenters. The number of piperazine rings is 1. The van der Waals surface area contributed by atoms with E-state index in [9.17, 15) is 27.6 Å². The Bertz CT molecular complexity index is 1820. The number of halogens is 4. The van der Waals surface area contributed by atoms with Gasteiger partial charge in [-0.2, -0.15) is 22.7 Å². The molecule has 13 nitrogen and oxygen atoms in total. The molecule has 3 aliphatic rings. The maximum absolute atomic E-state index is 14.2. The molecule has 6 heterocycles. The predicted molar refractivity (Wildman–Crippen MR) is 166 cm³/mol. The highest BCUT2D eigenvalue weighted by Gasteiger charge is 2.41. The largest absolute Gasteiger partial charge is 0.444 e. The molecule has 2 atom stereocenters. The molecular formula is C30H34ClF3N8O5. The zero-order valence-corrected chi connectivity index (χ0v) is 27.0. The molecule has 0 bridgehead atoms. The number of ether oxygens (including phenoxy) is 2. The van der Waals surface area contributed by atoms with Gasteiger partial charge in [-0.3, -0.25) is 14.2 Å². The smallest absolute Gasteiger partial charge is 0.433 e. The predicted octanol–water partition coefficient (Wildman–Crippen LogP) is 4.51. The summed E-state index contributed by atoms with van der Waals surface area (Å²) < 4.78 is 53.3. The number of carbonyl (C=O) groups excluding carboxylic acids is 2. The monoisotopic (exact) mass is 678 g/mol. The summed E-state index contributed by atoms with van der Waals surface area (Å²) in [7, 11) is 0. The Morgan fingerprint density at radius 3 is 2.45 bits per heavy atom. The molecule has 0 aromatic carbocycles. The SMILES string of the molecule is C[C@H]1C[C@@H](C(=O)Nc2ccc(C(F)(F)F)nc2Cl)n2c1c(N1CCN(C(=O)OC(C)(C)C)CC1)c(=O)n1nc(C3=CCOCC3)nc21. The number of rotatable bonds is 4. The van der Waals surface area contributed by atoms with Crippen molar-refractivity contribution >= 4 is 46.3 Å². The first kappa shape index (κ1) is 32.7. The van der Waals surface area contributed by atoms with Gasteiger partial charge in [0.05, 0.1) is 24.6 Å². The second-order valence-corrected chi connectivity index (χ2v) is 13.1. The number of hydrogen-bond donors (Lipinski definition) is 1. The molecule has 1 N–H and O–H groups in total. The number of hydrogen-bond acceptors (Lipinski definition) is 9. The van der Waals surface area contributed by atoms with Crippen LogP contribution in [0.3, 0.4) is 0 Å². The molecule has 3 aromatic heterocycles. The Balaban J connectivity index is 1.39. The second kappa shape index (κ2) is 12.1. The zero-order valence-electron chi connectivity index (χ0n) is 26.2. The number of nitrogens with one attached hydrogen (secondary N) is 1. The summed E-state index contributed by atoms with van der Waals surface area (Å²) in [6.45, 7) is 9.36. The van der Waals surface area contributed by atoms with Crippen LogP contribution in [0.5, 0.6) is 0 Å². The van der Waals surface area contributed by atoms with Crippen LogP contribution in [-0.2, 0) is 20.4 Å². The maximum Gasteiger partial charge on any atom is 0.433 e. The number of carbonyl (C=O) groups is 2. The third kappa shape index (κ3) is 6.40. The summed E-state index contributed by atoms with van der Waals surface area (Å²) >= 11 is 6.06. The first-order valence-electron chi connectivity index (χ1n) is 15.2. The van der Waals surface area contributed by atoms with E-state index in [0.29, 0.717) is 63.0 Å². The number of anilines is 2. The van der Waals surface area contributed by atoms with E-state index in [-0.39, 0.29) is 23.8 Å². The lowest BCUT2D eigenvalue weighted by atomic mass is 10.0. The van der Waals surface area contributed by atoms with Gasteiger partial charge in [0, 0.05) is 32.1 Å². The van der Waals surface area contributed by atoms with Crippen LogP contribution < -0.4 is 15.8 Å². The van der Waals surface area contributed by atoms with Crippen molar-refractivity contribution < 1.29 is 32.2 Å². The fourth-order valence-electron chi connectivity index (χ4n) is 6.09. The number of fused-ring (bicyclic) bond motifs is 3.